The van der Waals surface area contributed by atoms with Crippen molar-refractivity contribution < 1.29 is 39.0 Å². The number of aliphatic carboxylic acids is 2. The van der Waals surface area contributed by atoms with Gasteiger partial charge in [-0.2, -0.15) is 0 Å². The molecule has 224 valence electrons. The summed E-state index contributed by atoms with van der Waals surface area (Å²) in [5, 5.41) is 26.2. The van der Waals surface area contributed by atoms with Crippen molar-refractivity contribution in [2.45, 2.75) is 69.1 Å². The number of hydrogen-bond acceptors (Lipinski definition) is 8. The fourth-order valence-corrected chi connectivity index (χ4v) is 4.12. The molecule has 2 aromatic rings. The number of unbranched alkanes of at least 4 members (excludes halogenated alkanes) is 1. The van der Waals surface area contributed by atoms with Gasteiger partial charge in [0, 0.05) is 29.9 Å². The Balaban J connectivity index is 2.30. The van der Waals surface area contributed by atoms with Gasteiger partial charge in [-0.25, -0.2) is 4.79 Å². The number of carboxylic acid groups (broad SMARTS) is 2. The van der Waals surface area contributed by atoms with E-state index in [1.165, 1.54) is 0 Å². The smallest absolute Gasteiger partial charge is 0.326 e. The molecule has 0 aliphatic heterocycles. The monoisotopic (exact) mass is 575 g/mol. The second-order valence-electron chi connectivity index (χ2n) is 9.58. The topological polar surface area (TPSA) is 273 Å². The number of H-pyrrole nitrogens is 1. The van der Waals surface area contributed by atoms with E-state index < -0.39 is 66.2 Å². The second-order valence-corrected chi connectivity index (χ2v) is 9.58. The number of para-hydroxylation sites is 1. The van der Waals surface area contributed by atoms with E-state index in [2.05, 4.69) is 20.9 Å². The Morgan fingerprint density at radius 3 is 2.12 bits per heavy atom. The van der Waals surface area contributed by atoms with Gasteiger partial charge in [0.1, 0.15) is 18.1 Å². The van der Waals surface area contributed by atoms with E-state index in [1.54, 1.807) is 12.3 Å². The Hall–Kier alpha value is -4.50. The summed E-state index contributed by atoms with van der Waals surface area (Å²) in [5.41, 5.74) is 18.2. The van der Waals surface area contributed by atoms with Crippen LogP contribution in [0.1, 0.15) is 44.1 Å². The van der Waals surface area contributed by atoms with E-state index in [0.29, 0.717) is 31.4 Å². The molecule has 0 spiro atoms. The molecule has 1 heterocycles. The molecule has 2 rings (SSSR count). The van der Waals surface area contributed by atoms with Crippen molar-refractivity contribution >= 4 is 46.5 Å². The van der Waals surface area contributed by atoms with Crippen molar-refractivity contribution in [2.75, 3.05) is 6.54 Å². The first-order chi connectivity index (χ1) is 19.4. The van der Waals surface area contributed by atoms with Gasteiger partial charge < -0.3 is 48.3 Å². The highest BCUT2D eigenvalue weighted by Crippen LogP contribution is 2.19. The van der Waals surface area contributed by atoms with Crippen LogP contribution in [0, 0.1) is 0 Å². The van der Waals surface area contributed by atoms with Crippen LogP contribution >= 0.6 is 0 Å². The van der Waals surface area contributed by atoms with Crippen molar-refractivity contribution in [3.05, 3.63) is 36.0 Å². The van der Waals surface area contributed by atoms with E-state index in [0.717, 1.165) is 10.9 Å². The summed E-state index contributed by atoms with van der Waals surface area (Å²) in [6.07, 6.45) is 1.69. The molecule has 0 saturated carbocycles. The van der Waals surface area contributed by atoms with E-state index in [1.807, 2.05) is 18.2 Å². The number of hydrogen-bond donors (Lipinski definition) is 9. The summed E-state index contributed by atoms with van der Waals surface area (Å²) in [7, 11) is 0. The number of carbonyl (C=O) groups excluding carboxylic acids is 4. The molecular formula is C26H37N7O8. The molecule has 1 aromatic carbocycles. The third-order valence-electron chi connectivity index (χ3n) is 6.34. The molecule has 1 aromatic heterocycles. The fourth-order valence-electron chi connectivity index (χ4n) is 4.12. The molecule has 0 aliphatic rings. The lowest BCUT2D eigenvalue weighted by atomic mass is 10.0. The number of benzene rings is 1. The fraction of sp³-hybridized carbons (Fsp3) is 0.462. The zero-order valence-corrected chi connectivity index (χ0v) is 22.4. The molecule has 15 heteroatoms. The highest BCUT2D eigenvalue weighted by atomic mass is 16.4. The maximum atomic E-state index is 13.5. The number of amides is 4. The molecule has 12 N–H and O–H groups in total. The summed E-state index contributed by atoms with van der Waals surface area (Å²) >= 11 is 0. The Morgan fingerprint density at radius 2 is 1.49 bits per heavy atom. The second kappa shape index (κ2) is 15.9. The summed E-state index contributed by atoms with van der Waals surface area (Å²) < 4.78 is 0. The number of aromatic amines is 1. The van der Waals surface area contributed by atoms with Crippen LogP contribution in [-0.2, 0) is 35.2 Å². The average molecular weight is 576 g/mol. The zero-order valence-electron chi connectivity index (χ0n) is 22.4. The van der Waals surface area contributed by atoms with E-state index >= 15 is 0 Å². The third kappa shape index (κ3) is 10.5. The Bertz CT molecular complexity index is 1250. The molecule has 4 unspecified atom stereocenters. The predicted molar refractivity (Wildman–Crippen MR) is 147 cm³/mol. The number of nitrogens with one attached hydrogen (secondary N) is 4. The number of rotatable bonds is 18. The largest absolute Gasteiger partial charge is 0.481 e. The van der Waals surface area contributed by atoms with Gasteiger partial charge in [-0.3, -0.25) is 24.0 Å². The Kier molecular flexibility index (Phi) is 12.7. The van der Waals surface area contributed by atoms with Crippen LogP contribution in [-0.4, -0.2) is 81.5 Å². The number of fused-ring (bicyclic) bond motifs is 1. The first-order valence-electron chi connectivity index (χ1n) is 13.1. The maximum Gasteiger partial charge on any atom is 0.326 e. The summed E-state index contributed by atoms with van der Waals surface area (Å²) in [6.45, 7) is 0.434. The van der Waals surface area contributed by atoms with Crippen LogP contribution in [0.25, 0.3) is 10.9 Å². The summed E-state index contributed by atoms with van der Waals surface area (Å²) in [5.74, 6) is -6.32. The van der Waals surface area contributed by atoms with Crippen LogP contribution in [0.5, 0.6) is 0 Å². The normalized spacial score (nSPS) is 13.9. The number of primary amides is 1. The van der Waals surface area contributed by atoms with Gasteiger partial charge in [-0.05, 0) is 37.4 Å². The van der Waals surface area contributed by atoms with Gasteiger partial charge in [-0.1, -0.05) is 24.6 Å². The number of aromatic nitrogens is 1. The number of carbonyl (C=O) groups is 6. The van der Waals surface area contributed by atoms with Gasteiger partial charge in [0.15, 0.2) is 0 Å². The minimum atomic E-state index is -1.79. The van der Waals surface area contributed by atoms with E-state index in [9.17, 15) is 33.9 Å². The Labute approximate surface area is 235 Å². The van der Waals surface area contributed by atoms with Crippen LogP contribution < -0.4 is 33.2 Å². The Morgan fingerprint density at radius 1 is 0.854 bits per heavy atom. The van der Waals surface area contributed by atoms with Crippen molar-refractivity contribution in [1.82, 2.24) is 20.9 Å². The van der Waals surface area contributed by atoms with Gasteiger partial charge in [0.25, 0.3) is 0 Å². The summed E-state index contributed by atoms with van der Waals surface area (Å²) in [4.78, 5) is 76.3. The van der Waals surface area contributed by atoms with Gasteiger partial charge in [0.05, 0.1) is 12.5 Å². The van der Waals surface area contributed by atoms with Crippen molar-refractivity contribution in [3.8, 4) is 0 Å². The van der Waals surface area contributed by atoms with Crippen molar-refractivity contribution in [3.63, 3.8) is 0 Å². The summed E-state index contributed by atoms with van der Waals surface area (Å²) in [6, 6.07) is 1.88. The lowest BCUT2D eigenvalue weighted by Crippen LogP contribution is -2.57. The van der Waals surface area contributed by atoms with Crippen LogP contribution in [0.2, 0.25) is 0 Å². The minimum Gasteiger partial charge on any atom is -0.481 e. The molecule has 4 amide bonds. The molecule has 0 radical (unpaired) electrons. The quantitative estimate of drug-likeness (QED) is 0.0922. The first kappa shape index (κ1) is 32.7. The van der Waals surface area contributed by atoms with Gasteiger partial charge in [-0.15, -0.1) is 0 Å². The molecule has 4 atom stereocenters. The molecule has 15 nitrogen and oxygen atoms in total. The van der Waals surface area contributed by atoms with Crippen LogP contribution in [0.3, 0.4) is 0 Å². The van der Waals surface area contributed by atoms with Crippen molar-refractivity contribution in [1.29, 1.82) is 0 Å². The van der Waals surface area contributed by atoms with Gasteiger partial charge in [0.2, 0.25) is 23.6 Å². The highest BCUT2D eigenvalue weighted by Gasteiger charge is 2.31. The highest BCUT2D eigenvalue weighted by molar-refractivity contribution is 5.95. The van der Waals surface area contributed by atoms with Crippen molar-refractivity contribution in [2.24, 2.45) is 17.2 Å². The minimum absolute atomic E-state index is 0.00195. The zero-order chi connectivity index (χ0) is 30.5. The lowest BCUT2D eigenvalue weighted by Gasteiger charge is -2.25. The third-order valence-corrected chi connectivity index (χ3v) is 6.34. The molecule has 0 saturated heterocycles. The average Bonchev–Trinajstić information content (AvgIpc) is 3.32. The number of carboxylic acids is 2. The van der Waals surface area contributed by atoms with Crippen LogP contribution in [0.4, 0.5) is 0 Å². The maximum absolute atomic E-state index is 13.5. The molecule has 0 aliphatic carbocycles. The molecule has 41 heavy (non-hydrogen) atoms. The standard InChI is InChI=1S/C26H37N7O8/c27-10-4-3-6-16(28)23(37)32-19(11-14-13-30-17-7-2-1-5-15(14)17)25(39)31-18(8-9-21(29)34)24(38)33-20(26(40)41)12-22(35)36/h1-2,5,7,13,16,18-20,30H,3-4,6,8-12,27-28H2,(H2,29,34)(H,31,39)(H,32,37)(H,33,38)(H,35,36)(H,40,41). The first-order valence-corrected chi connectivity index (χ1v) is 13.1. The predicted octanol–water partition coefficient (Wildman–Crippen LogP) is -1.55. The number of nitrogens with two attached hydrogens (primary N) is 3. The van der Waals surface area contributed by atoms with Crippen LogP contribution in [0.15, 0.2) is 30.5 Å². The molecule has 0 bridgehead atoms. The van der Waals surface area contributed by atoms with Gasteiger partial charge >= 0.3 is 11.9 Å². The molecular weight excluding hydrogens is 538 g/mol. The van der Waals surface area contributed by atoms with E-state index in [-0.39, 0.29) is 19.3 Å². The SMILES string of the molecule is NCCCCC(N)C(=O)NC(Cc1c[nH]c2ccccc12)C(=O)NC(CCC(N)=O)C(=O)NC(CC(=O)O)C(=O)O. The molecule has 0 fully saturated rings. The lowest BCUT2D eigenvalue weighted by molar-refractivity contribution is -0.147. The van der Waals surface area contributed by atoms with E-state index in [4.69, 9.17) is 22.3 Å².